The summed E-state index contributed by atoms with van der Waals surface area (Å²) in [6.07, 6.45) is 0. The van der Waals surface area contributed by atoms with E-state index in [4.69, 9.17) is 11.6 Å². The molecule has 1 N–H and O–H groups in total. The molecule has 3 aromatic rings. The summed E-state index contributed by atoms with van der Waals surface area (Å²) in [5, 5.41) is 12.0. The lowest BCUT2D eigenvalue weighted by molar-refractivity contribution is -0.117. The number of aliphatic hydroxyl groups excluding tert-OH is 1. The van der Waals surface area contributed by atoms with Crippen LogP contribution >= 0.6 is 22.9 Å². The molecule has 7 heteroatoms. The van der Waals surface area contributed by atoms with Crippen LogP contribution in [-0.2, 0) is 4.79 Å². The number of thiazole rings is 1. The quantitative estimate of drug-likeness (QED) is 0.545. The Bertz CT molecular complexity index is 1200. The molecule has 1 amide bonds. The van der Waals surface area contributed by atoms with Crippen molar-refractivity contribution in [1.29, 1.82) is 0 Å². The lowest BCUT2D eigenvalue weighted by Crippen LogP contribution is -2.31. The predicted molar refractivity (Wildman–Crippen MR) is 118 cm³/mol. The van der Waals surface area contributed by atoms with E-state index in [0.29, 0.717) is 21.3 Å². The van der Waals surface area contributed by atoms with Gasteiger partial charge in [-0.05, 0) is 44.0 Å². The van der Waals surface area contributed by atoms with Gasteiger partial charge in [-0.15, -0.1) is 11.3 Å². The second-order valence-electron chi connectivity index (χ2n) is 7.16. The van der Waals surface area contributed by atoms with Crippen molar-refractivity contribution >= 4 is 40.3 Å². The SMILES string of the molecule is Cc1nc(C)c(C(=O)C2=C(O)C(=O)N(c3cc(Cl)ccc3C)C2c2ccccc2)s1. The molecule has 0 saturated heterocycles. The summed E-state index contributed by atoms with van der Waals surface area (Å²) in [4.78, 5) is 32.9. The summed E-state index contributed by atoms with van der Waals surface area (Å²) in [6.45, 7) is 5.43. The van der Waals surface area contributed by atoms with Gasteiger partial charge in [-0.3, -0.25) is 14.5 Å². The second kappa shape index (κ2) is 7.70. The third-order valence-electron chi connectivity index (χ3n) is 5.11. The number of aromatic nitrogens is 1. The first-order valence-electron chi connectivity index (χ1n) is 9.36. The van der Waals surface area contributed by atoms with Gasteiger partial charge >= 0.3 is 0 Å². The zero-order valence-electron chi connectivity index (χ0n) is 16.6. The van der Waals surface area contributed by atoms with Crippen LogP contribution in [0, 0.1) is 20.8 Å². The zero-order valence-corrected chi connectivity index (χ0v) is 18.2. The number of ketones is 1. The molecule has 0 saturated carbocycles. The van der Waals surface area contributed by atoms with Crippen LogP contribution < -0.4 is 4.90 Å². The number of aryl methyl sites for hydroxylation is 3. The van der Waals surface area contributed by atoms with Crippen LogP contribution in [0.4, 0.5) is 5.69 Å². The number of benzene rings is 2. The molecule has 30 heavy (non-hydrogen) atoms. The number of amides is 1. The minimum absolute atomic E-state index is 0.0531. The van der Waals surface area contributed by atoms with Crippen molar-refractivity contribution in [2.45, 2.75) is 26.8 Å². The second-order valence-corrected chi connectivity index (χ2v) is 8.80. The Morgan fingerprint density at radius 1 is 1.13 bits per heavy atom. The fraction of sp³-hybridized carbons (Fsp3) is 0.174. The minimum Gasteiger partial charge on any atom is -0.503 e. The third-order valence-corrected chi connectivity index (χ3v) is 6.42. The molecule has 1 aromatic heterocycles. The maximum absolute atomic E-state index is 13.5. The Morgan fingerprint density at radius 2 is 1.83 bits per heavy atom. The molecule has 2 heterocycles. The topological polar surface area (TPSA) is 70.5 Å². The number of rotatable bonds is 4. The van der Waals surface area contributed by atoms with Gasteiger partial charge in [0.2, 0.25) is 5.78 Å². The first-order chi connectivity index (χ1) is 14.3. The zero-order chi connectivity index (χ0) is 21.6. The number of carbonyl (C=O) groups excluding carboxylic acids is 2. The number of nitrogens with zero attached hydrogens (tertiary/aromatic N) is 2. The largest absolute Gasteiger partial charge is 0.503 e. The van der Waals surface area contributed by atoms with Crippen molar-refractivity contribution in [3.63, 3.8) is 0 Å². The third kappa shape index (κ3) is 3.32. The summed E-state index contributed by atoms with van der Waals surface area (Å²) < 4.78 is 0. The molecular weight excluding hydrogens is 420 g/mol. The summed E-state index contributed by atoms with van der Waals surface area (Å²) in [5.41, 5.74) is 2.71. The first-order valence-corrected chi connectivity index (χ1v) is 10.6. The van der Waals surface area contributed by atoms with Crippen molar-refractivity contribution in [3.05, 3.63) is 91.6 Å². The Kier molecular flexibility index (Phi) is 5.22. The van der Waals surface area contributed by atoms with Crippen molar-refractivity contribution in [1.82, 2.24) is 4.98 Å². The van der Waals surface area contributed by atoms with Gasteiger partial charge in [0, 0.05) is 10.7 Å². The van der Waals surface area contributed by atoms with Gasteiger partial charge in [0.25, 0.3) is 5.91 Å². The highest BCUT2D eigenvalue weighted by atomic mass is 35.5. The molecule has 2 aromatic carbocycles. The summed E-state index contributed by atoms with van der Waals surface area (Å²) in [5.74, 6) is -1.56. The van der Waals surface area contributed by atoms with Crippen molar-refractivity contribution in [3.8, 4) is 0 Å². The minimum atomic E-state index is -0.773. The summed E-state index contributed by atoms with van der Waals surface area (Å²) >= 11 is 7.46. The van der Waals surface area contributed by atoms with E-state index >= 15 is 0 Å². The van der Waals surface area contributed by atoms with Crippen LogP contribution in [0.5, 0.6) is 0 Å². The van der Waals surface area contributed by atoms with Gasteiger partial charge in [0.15, 0.2) is 5.76 Å². The van der Waals surface area contributed by atoms with E-state index in [1.165, 1.54) is 16.2 Å². The Morgan fingerprint density at radius 3 is 2.47 bits per heavy atom. The number of Topliss-reactive ketones (excluding diaryl/α,β-unsaturated/α-hetero) is 1. The van der Waals surface area contributed by atoms with E-state index in [1.54, 1.807) is 25.1 Å². The fourth-order valence-corrected chi connectivity index (χ4v) is 4.78. The number of anilines is 1. The van der Waals surface area contributed by atoms with Gasteiger partial charge in [-0.25, -0.2) is 4.98 Å². The summed E-state index contributed by atoms with van der Waals surface area (Å²) in [6, 6.07) is 13.6. The van der Waals surface area contributed by atoms with Crippen molar-refractivity contribution in [2.24, 2.45) is 0 Å². The molecule has 1 unspecified atom stereocenters. The molecule has 0 spiro atoms. The fourth-order valence-electron chi connectivity index (χ4n) is 3.74. The van der Waals surface area contributed by atoms with Gasteiger partial charge < -0.3 is 5.11 Å². The Labute approximate surface area is 183 Å². The van der Waals surface area contributed by atoms with Gasteiger partial charge in [-0.2, -0.15) is 0 Å². The van der Waals surface area contributed by atoms with Gasteiger partial charge in [0.05, 0.1) is 27.2 Å². The molecule has 0 radical (unpaired) electrons. The molecule has 5 nitrogen and oxygen atoms in total. The highest BCUT2D eigenvalue weighted by molar-refractivity contribution is 7.14. The number of hydrogen-bond donors (Lipinski definition) is 1. The Balaban J connectivity index is 1.92. The average Bonchev–Trinajstić information content (AvgIpc) is 3.20. The first kappa shape index (κ1) is 20.3. The molecule has 152 valence electrons. The van der Waals surface area contributed by atoms with Crippen molar-refractivity contribution < 1.29 is 14.7 Å². The predicted octanol–water partition coefficient (Wildman–Crippen LogP) is 5.50. The monoisotopic (exact) mass is 438 g/mol. The van der Waals surface area contributed by atoms with Gasteiger partial charge in [-0.1, -0.05) is 48.0 Å². The number of halogens is 1. The van der Waals surface area contributed by atoms with E-state index in [2.05, 4.69) is 4.98 Å². The maximum Gasteiger partial charge on any atom is 0.294 e. The van der Waals surface area contributed by atoms with E-state index < -0.39 is 17.7 Å². The molecule has 0 fully saturated rings. The normalized spacial score (nSPS) is 16.5. The standard InChI is InChI=1S/C23H19ClN2O3S/c1-12-9-10-16(24)11-17(12)26-19(15-7-5-4-6-8-15)18(21(28)23(26)29)20(27)22-13(2)25-14(3)30-22/h4-11,19,28H,1-3H3. The molecule has 1 aliphatic heterocycles. The molecular formula is C23H19ClN2O3S. The van der Waals surface area contributed by atoms with Crippen LogP contribution in [0.2, 0.25) is 5.02 Å². The van der Waals surface area contributed by atoms with Crippen LogP contribution in [0.3, 0.4) is 0 Å². The summed E-state index contributed by atoms with van der Waals surface area (Å²) in [7, 11) is 0. The highest BCUT2D eigenvalue weighted by Gasteiger charge is 2.45. The molecule has 0 aliphatic carbocycles. The number of aliphatic hydroxyl groups is 1. The van der Waals surface area contributed by atoms with Crippen LogP contribution in [-0.4, -0.2) is 21.8 Å². The smallest absolute Gasteiger partial charge is 0.294 e. The van der Waals surface area contributed by atoms with E-state index in [9.17, 15) is 14.7 Å². The van der Waals surface area contributed by atoms with Crippen LogP contribution in [0.1, 0.15) is 37.5 Å². The van der Waals surface area contributed by atoms with E-state index in [-0.39, 0.29) is 11.4 Å². The molecule has 1 atom stereocenters. The van der Waals surface area contributed by atoms with E-state index in [1.807, 2.05) is 44.2 Å². The van der Waals surface area contributed by atoms with E-state index in [0.717, 1.165) is 16.1 Å². The lowest BCUT2D eigenvalue weighted by atomic mass is 9.94. The van der Waals surface area contributed by atoms with Crippen LogP contribution in [0.25, 0.3) is 0 Å². The maximum atomic E-state index is 13.5. The lowest BCUT2D eigenvalue weighted by Gasteiger charge is -2.28. The highest BCUT2D eigenvalue weighted by Crippen LogP contribution is 2.44. The molecule has 4 rings (SSSR count). The average molecular weight is 439 g/mol. The number of carbonyl (C=O) groups is 2. The van der Waals surface area contributed by atoms with Crippen molar-refractivity contribution in [2.75, 3.05) is 4.90 Å². The van der Waals surface area contributed by atoms with Crippen LogP contribution in [0.15, 0.2) is 59.9 Å². The molecule has 0 bridgehead atoms. The Hall–Kier alpha value is -2.96. The number of hydrogen-bond acceptors (Lipinski definition) is 5. The molecule has 1 aliphatic rings. The van der Waals surface area contributed by atoms with Gasteiger partial charge in [0.1, 0.15) is 0 Å².